The average Bonchev–Trinajstić information content (AvgIpc) is 2.41. The van der Waals surface area contributed by atoms with Gasteiger partial charge in [0.1, 0.15) is 13.2 Å². The zero-order valence-corrected chi connectivity index (χ0v) is 18.7. The molecule has 0 N–H and O–H groups in total. The molecule has 7 nitrogen and oxygen atoms in total. The summed E-state index contributed by atoms with van der Waals surface area (Å²) in [6.07, 6.45) is -0.220. The van der Waals surface area contributed by atoms with Gasteiger partial charge in [-0.2, -0.15) is 0 Å². The Morgan fingerprint density at radius 1 is 1.09 bits per heavy atom. The summed E-state index contributed by atoms with van der Waals surface area (Å²) in [6.45, 7) is -0.703. The van der Waals surface area contributed by atoms with Crippen LogP contribution >= 0.6 is 67.8 Å². The summed E-state index contributed by atoms with van der Waals surface area (Å²) in [7, 11) is -4.42. The molecule has 0 aromatic heterocycles. The van der Waals surface area contributed by atoms with Crippen molar-refractivity contribution in [2.45, 2.75) is 6.42 Å². The van der Waals surface area contributed by atoms with E-state index in [1.807, 2.05) is 28.7 Å². The molecule has 1 aromatic rings. The van der Waals surface area contributed by atoms with Crippen LogP contribution in [-0.4, -0.2) is 43.9 Å². The van der Waals surface area contributed by atoms with E-state index in [1.165, 1.54) is 0 Å². The van der Waals surface area contributed by atoms with E-state index in [2.05, 4.69) is 49.9 Å². The second-order valence-electron chi connectivity index (χ2n) is 4.12. The summed E-state index contributed by atoms with van der Waals surface area (Å²) in [5.41, 5.74) is 0.410. The number of carbonyl (C=O) groups excluding carboxylic acids is 2. The molecular formula is C12H10I3O7S-. The summed E-state index contributed by atoms with van der Waals surface area (Å²) in [5.74, 6) is -2.08. The van der Waals surface area contributed by atoms with Gasteiger partial charge in [-0.05, 0) is 79.9 Å². The Morgan fingerprint density at radius 3 is 2.35 bits per heavy atom. The summed E-state index contributed by atoms with van der Waals surface area (Å²) in [5, 5.41) is 0. The normalized spacial score (nSPS) is 11.1. The van der Waals surface area contributed by atoms with E-state index in [-0.39, 0.29) is 13.0 Å². The number of hydrogen-bond donors (Lipinski definition) is 0. The minimum Gasteiger partial charge on any atom is -0.748 e. The maximum Gasteiger partial charge on any atom is 0.339 e. The quantitative estimate of drug-likeness (QED) is 0.188. The lowest BCUT2D eigenvalue weighted by Crippen LogP contribution is -2.17. The minimum atomic E-state index is -4.42. The molecule has 0 aliphatic carbocycles. The number of esters is 2. The SMILES string of the molecule is O=C(CCOC(=O)c1cc(I)cc(I)c1I)OCCS(=O)(=O)[O-]. The van der Waals surface area contributed by atoms with Crippen molar-refractivity contribution in [2.24, 2.45) is 0 Å². The van der Waals surface area contributed by atoms with Crippen LogP contribution in [0, 0.1) is 10.7 Å². The van der Waals surface area contributed by atoms with Gasteiger partial charge >= 0.3 is 11.9 Å². The molecular weight excluding hydrogens is 669 g/mol. The van der Waals surface area contributed by atoms with Gasteiger partial charge in [0, 0.05) is 10.7 Å². The highest BCUT2D eigenvalue weighted by Crippen LogP contribution is 2.23. The number of ether oxygens (including phenoxy) is 2. The number of carbonyl (C=O) groups is 2. The molecule has 0 atom stereocenters. The van der Waals surface area contributed by atoms with E-state index in [0.29, 0.717) is 5.56 Å². The second-order valence-corrected chi connectivity index (χ2v) is 9.13. The van der Waals surface area contributed by atoms with E-state index >= 15 is 0 Å². The summed E-state index contributed by atoms with van der Waals surface area (Å²) in [6, 6.07) is 3.60. The molecule has 0 aliphatic heterocycles. The lowest BCUT2D eigenvalue weighted by atomic mass is 10.2. The minimum absolute atomic E-state index is 0.195. The zero-order valence-electron chi connectivity index (χ0n) is 11.4. The first kappa shape index (κ1) is 21.3. The third-order valence-corrected chi connectivity index (χ3v) is 6.68. The van der Waals surface area contributed by atoms with Crippen LogP contribution in [-0.2, 0) is 24.4 Å². The van der Waals surface area contributed by atoms with Crippen LogP contribution in [0.5, 0.6) is 0 Å². The van der Waals surface area contributed by atoms with Gasteiger partial charge in [0.2, 0.25) is 0 Å². The van der Waals surface area contributed by atoms with Gasteiger partial charge in [0.25, 0.3) is 0 Å². The standard InChI is InChI=1S/C12H11I3O7S/c13-7-5-8(11(15)9(14)6-7)12(17)22-2-1-10(16)21-3-4-23(18,19)20/h5-6H,1-4H2,(H,18,19,20)/p-1. The molecule has 1 aromatic carbocycles. The van der Waals surface area contributed by atoms with E-state index < -0.39 is 34.4 Å². The van der Waals surface area contributed by atoms with Gasteiger partial charge < -0.3 is 14.0 Å². The first-order valence-electron chi connectivity index (χ1n) is 6.01. The number of halogens is 3. The number of benzene rings is 1. The molecule has 0 aliphatic rings. The van der Waals surface area contributed by atoms with Crippen molar-refractivity contribution in [3.63, 3.8) is 0 Å². The van der Waals surface area contributed by atoms with Crippen LogP contribution < -0.4 is 0 Å². The van der Waals surface area contributed by atoms with E-state index in [0.717, 1.165) is 10.7 Å². The highest BCUT2D eigenvalue weighted by atomic mass is 127. The molecule has 0 fully saturated rings. The van der Waals surface area contributed by atoms with Crippen LogP contribution in [0.1, 0.15) is 16.8 Å². The second kappa shape index (κ2) is 9.67. The molecule has 0 bridgehead atoms. The summed E-state index contributed by atoms with van der Waals surface area (Å²) >= 11 is 6.23. The lowest BCUT2D eigenvalue weighted by Gasteiger charge is -2.09. The Morgan fingerprint density at radius 2 is 1.74 bits per heavy atom. The highest BCUT2D eigenvalue weighted by Gasteiger charge is 2.15. The summed E-state index contributed by atoms with van der Waals surface area (Å²) in [4.78, 5) is 23.3. The van der Waals surface area contributed by atoms with Crippen LogP contribution in [0.25, 0.3) is 0 Å². The predicted octanol–water partition coefficient (Wildman–Crippen LogP) is 2.14. The molecule has 0 unspecified atom stereocenters. The third kappa shape index (κ3) is 8.26. The van der Waals surface area contributed by atoms with Crippen LogP contribution in [0.2, 0.25) is 0 Å². The first-order chi connectivity index (χ1) is 10.6. The monoisotopic (exact) mass is 679 g/mol. The van der Waals surface area contributed by atoms with Crippen molar-refractivity contribution in [3.05, 3.63) is 28.4 Å². The van der Waals surface area contributed by atoms with Crippen LogP contribution in [0.3, 0.4) is 0 Å². The van der Waals surface area contributed by atoms with Gasteiger partial charge in [-0.15, -0.1) is 0 Å². The smallest absolute Gasteiger partial charge is 0.339 e. The van der Waals surface area contributed by atoms with Gasteiger partial charge in [0.15, 0.2) is 0 Å². The highest BCUT2D eigenvalue weighted by molar-refractivity contribution is 14.1. The molecule has 1 rings (SSSR count). The van der Waals surface area contributed by atoms with Crippen molar-refractivity contribution in [1.29, 1.82) is 0 Å². The largest absolute Gasteiger partial charge is 0.748 e. The third-order valence-electron chi connectivity index (χ3n) is 2.35. The fourth-order valence-corrected chi connectivity index (χ4v) is 4.00. The molecule has 0 saturated carbocycles. The zero-order chi connectivity index (χ0) is 17.6. The van der Waals surface area contributed by atoms with Gasteiger partial charge in [-0.3, -0.25) is 4.79 Å². The number of hydrogen-bond acceptors (Lipinski definition) is 7. The Kier molecular flexibility index (Phi) is 8.95. The van der Waals surface area contributed by atoms with Crippen molar-refractivity contribution in [2.75, 3.05) is 19.0 Å². The molecule has 0 saturated heterocycles. The van der Waals surface area contributed by atoms with Crippen molar-refractivity contribution < 1.29 is 32.0 Å². The molecule has 0 radical (unpaired) electrons. The maximum atomic E-state index is 12.0. The maximum absolute atomic E-state index is 12.0. The number of rotatable bonds is 7. The van der Waals surface area contributed by atoms with Crippen molar-refractivity contribution >= 4 is 89.8 Å². The average molecular weight is 679 g/mol. The molecule has 0 spiro atoms. The van der Waals surface area contributed by atoms with Crippen LogP contribution in [0.4, 0.5) is 0 Å². The van der Waals surface area contributed by atoms with E-state index in [1.54, 1.807) is 6.07 Å². The lowest BCUT2D eigenvalue weighted by molar-refractivity contribution is -0.143. The Balaban J connectivity index is 2.44. The first-order valence-corrected chi connectivity index (χ1v) is 10.8. The van der Waals surface area contributed by atoms with E-state index in [4.69, 9.17) is 4.74 Å². The molecule has 0 amide bonds. The molecule has 11 heteroatoms. The fourth-order valence-electron chi connectivity index (χ4n) is 1.34. The molecule has 0 heterocycles. The van der Waals surface area contributed by atoms with Crippen molar-refractivity contribution in [3.8, 4) is 0 Å². The molecule has 23 heavy (non-hydrogen) atoms. The molecule has 128 valence electrons. The predicted molar refractivity (Wildman–Crippen MR) is 105 cm³/mol. The van der Waals surface area contributed by atoms with E-state index in [9.17, 15) is 22.6 Å². The summed E-state index contributed by atoms with van der Waals surface area (Å²) < 4.78 is 43.1. The topological polar surface area (TPSA) is 110 Å². The Bertz CT molecular complexity index is 703. The fraction of sp³-hybridized carbons (Fsp3) is 0.333. The van der Waals surface area contributed by atoms with Crippen LogP contribution in [0.15, 0.2) is 12.1 Å². The Labute approximate surface area is 174 Å². The van der Waals surface area contributed by atoms with Gasteiger partial charge in [0.05, 0.1) is 27.9 Å². The van der Waals surface area contributed by atoms with Gasteiger partial charge in [-0.25, -0.2) is 13.2 Å². The van der Waals surface area contributed by atoms with Gasteiger partial charge in [-0.1, -0.05) is 0 Å². The Hall–Kier alpha value is 0.260. The van der Waals surface area contributed by atoms with Crippen molar-refractivity contribution in [1.82, 2.24) is 0 Å².